The molecule has 0 amide bonds. The second-order valence-corrected chi connectivity index (χ2v) is 4.23. The van der Waals surface area contributed by atoms with Crippen LogP contribution in [0.4, 0.5) is 0 Å². The van der Waals surface area contributed by atoms with Gasteiger partial charge in [0.15, 0.2) is 0 Å². The van der Waals surface area contributed by atoms with Crippen molar-refractivity contribution in [2.24, 2.45) is 0 Å². The molecular weight excluding hydrogens is 182 g/mol. The summed E-state index contributed by atoms with van der Waals surface area (Å²) < 4.78 is 0. The molecule has 70 valence electrons. The number of benzene rings is 1. The lowest BCUT2D eigenvalue weighted by molar-refractivity contribution is 0.687. The zero-order valence-electron chi connectivity index (χ0n) is 7.81. The van der Waals surface area contributed by atoms with Crippen LogP contribution >= 0.6 is 11.6 Å². The molecule has 1 nitrogen and oxygen atoms in total. The Hall–Kier alpha value is -0.530. The number of halogens is 1. The molecule has 1 aliphatic rings. The molecule has 0 bridgehead atoms. The lowest BCUT2D eigenvalue weighted by Gasteiger charge is -2.04. The number of aryl methyl sites for hydroxylation is 1. The van der Waals surface area contributed by atoms with E-state index in [9.17, 15) is 0 Å². The van der Waals surface area contributed by atoms with Gasteiger partial charge in [-0.15, -0.1) is 0 Å². The topological polar surface area (TPSA) is 12.0 Å². The molecule has 1 saturated carbocycles. The summed E-state index contributed by atoms with van der Waals surface area (Å²) in [4.78, 5) is 0. The molecule has 0 aliphatic heterocycles. The summed E-state index contributed by atoms with van der Waals surface area (Å²) in [6.07, 6.45) is 2.67. The number of rotatable bonds is 3. The van der Waals surface area contributed by atoms with Crippen LogP contribution in [-0.2, 0) is 6.54 Å². The van der Waals surface area contributed by atoms with Gasteiger partial charge >= 0.3 is 0 Å². The fourth-order valence-electron chi connectivity index (χ4n) is 1.46. The van der Waals surface area contributed by atoms with Gasteiger partial charge in [-0.3, -0.25) is 0 Å². The van der Waals surface area contributed by atoms with Crippen LogP contribution in [0, 0.1) is 6.92 Å². The summed E-state index contributed by atoms with van der Waals surface area (Å²) in [6.45, 7) is 3.03. The second kappa shape index (κ2) is 3.69. The van der Waals surface area contributed by atoms with Crippen molar-refractivity contribution in [1.82, 2.24) is 5.32 Å². The minimum atomic E-state index is 0.763. The lowest BCUT2D eigenvalue weighted by Crippen LogP contribution is -2.15. The smallest absolute Gasteiger partial charge is 0.0411 e. The van der Waals surface area contributed by atoms with E-state index in [2.05, 4.69) is 18.3 Å². The van der Waals surface area contributed by atoms with E-state index in [1.54, 1.807) is 0 Å². The van der Waals surface area contributed by atoms with Crippen molar-refractivity contribution in [3.63, 3.8) is 0 Å². The summed E-state index contributed by atoms with van der Waals surface area (Å²) in [5.41, 5.74) is 2.52. The standard InChI is InChI=1S/C11H14ClN/c1-8-4-9(6-10(12)5-8)7-13-11-2-3-11/h4-6,11,13H,2-3,7H2,1H3. The highest BCUT2D eigenvalue weighted by Crippen LogP contribution is 2.20. The molecule has 0 heterocycles. The molecular formula is C11H14ClN. The molecule has 2 heteroatoms. The van der Waals surface area contributed by atoms with Gasteiger partial charge in [0.25, 0.3) is 0 Å². The van der Waals surface area contributed by atoms with Gasteiger partial charge in [-0.1, -0.05) is 17.7 Å². The monoisotopic (exact) mass is 195 g/mol. The van der Waals surface area contributed by atoms with Gasteiger partial charge < -0.3 is 5.32 Å². The number of hydrogen-bond acceptors (Lipinski definition) is 1. The van der Waals surface area contributed by atoms with Crippen molar-refractivity contribution in [2.45, 2.75) is 32.4 Å². The van der Waals surface area contributed by atoms with Gasteiger partial charge in [0.05, 0.1) is 0 Å². The molecule has 1 aromatic rings. The van der Waals surface area contributed by atoms with E-state index in [-0.39, 0.29) is 0 Å². The maximum Gasteiger partial charge on any atom is 0.0411 e. The van der Waals surface area contributed by atoms with E-state index in [1.165, 1.54) is 24.0 Å². The van der Waals surface area contributed by atoms with Gasteiger partial charge in [-0.2, -0.15) is 0 Å². The molecule has 0 spiro atoms. The average Bonchev–Trinajstić information content (AvgIpc) is 2.81. The third-order valence-corrected chi connectivity index (χ3v) is 2.49. The van der Waals surface area contributed by atoms with Crippen molar-refractivity contribution >= 4 is 11.6 Å². The Bertz CT molecular complexity index is 285. The summed E-state index contributed by atoms with van der Waals surface area (Å²) in [7, 11) is 0. The van der Waals surface area contributed by atoms with Crippen LogP contribution < -0.4 is 5.32 Å². The molecule has 1 fully saturated rings. The minimum Gasteiger partial charge on any atom is -0.310 e. The van der Waals surface area contributed by atoms with Crippen LogP contribution in [-0.4, -0.2) is 6.04 Å². The Balaban J connectivity index is 2.01. The molecule has 0 aromatic heterocycles. The highest BCUT2D eigenvalue weighted by molar-refractivity contribution is 6.30. The van der Waals surface area contributed by atoms with Crippen LogP contribution in [0.5, 0.6) is 0 Å². The largest absolute Gasteiger partial charge is 0.310 e. The average molecular weight is 196 g/mol. The predicted molar refractivity (Wildman–Crippen MR) is 56.1 cm³/mol. The van der Waals surface area contributed by atoms with Crippen LogP contribution in [0.15, 0.2) is 18.2 Å². The van der Waals surface area contributed by atoms with E-state index in [0.717, 1.165) is 17.6 Å². The van der Waals surface area contributed by atoms with Crippen LogP contribution in [0.3, 0.4) is 0 Å². The van der Waals surface area contributed by atoms with E-state index >= 15 is 0 Å². The van der Waals surface area contributed by atoms with Gasteiger partial charge in [0, 0.05) is 17.6 Å². The van der Waals surface area contributed by atoms with E-state index in [4.69, 9.17) is 11.6 Å². The third kappa shape index (κ3) is 2.71. The first-order valence-electron chi connectivity index (χ1n) is 4.73. The van der Waals surface area contributed by atoms with Gasteiger partial charge in [0.2, 0.25) is 0 Å². The highest BCUT2D eigenvalue weighted by Gasteiger charge is 2.19. The van der Waals surface area contributed by atoms with E-state index in [0.29, 0.717) is 0 Å². The Kier molecular flexibility index (Phi) is 2.56. The molecule has 13 heavy (non-hydrogen) atoms. The Labute approximate surface area is 84.1 Å². The Morgan fingerprint density at radius 2 is 2.15 bits per heavy atom. The SMILES string of the molecule is Cc1cc(Cl)cc(CNC2CC2)c1. The molecule has 0 atom stereocenters. The van der Waals surface area contributed by atoms with Crippen molar-refractivity contribution in [3.8, 4) is 0 Å². The molecule has 1 aromatic carbocycles. The normalized spacial score (nSPS) is 16.2. The molecule has 1 N–H and O–H groups in total. The molecule has 0 unspecified atom stereocenters. The van der Waals surface area contributed by atoms with Gasteiger partial charge in [-0.25, -0.2) is 0 Å². The van der Waals surface area contributed by atoms with Gasteiger partial charge in [0.1, 0.15) is 0 Å². The van der Waals surface area contributed by atoms with Crippen LogP contribution in [0.25, 0.3) is 0 Å². The first kappa shape index (κ1) is 9.04. The molecule has 0 saturated heterocycles. The van der Waals surface area contributed by atoms with Crippen molar-refractivity contribution in [3.05, 3.63) is 34.3 Å². The fraction of sp³-hybridized carbons (Fsp3) is 0.455. The molecule has 0 radical (unpaired) electrons. The van der Waals surface area contributed by atoms with Crippen molar-refractivity contribution < 1.29 is 0 Å². The zero-order valence-corrected chi connectivity index (χ0v) is 8.56. The first-order valence-corrected chi connectivity index (χ1v) is 5.11. The lowest BCUT2D eigenvalue weighted by atomic mass is 10.1. The summed E-state index contributed by atoms with van der Waals surface area (Å²) >= 11 is 5.95. The van der Waals surface area contributed by atoms with Crippen LogP contribution in [0.2, 0.25) is 5.02 Å². The first-order chi connectivity index (χ1) is 6.24. The Morgan fingerprint density at radius 3 is 2.77 bits per heavy atom. The van der Waals surface area contributed by atoms with Crippen molar-refractivity contribution in [2.75, 3.05) is 0 Å². The van der Waals surface area contributed by atoms with Gasteiger partial charge in [-0.05, 0) is 43.0 Å². The maximum atomic E-state index is 5.95. The van der Waals surface area contributed by atoms with Crippen LogP contribution in [0.1, 0.15) is 24.0 Å². The maximum absolute atomic E-state index is 5.95. The van der Waals surface area contributed by atoms with E-state index < -0.39 is 0 Å². The zero-order chi connectivity index (χ0) is 9.26. The minimum absolute atomic E-state index is 0.763. The second-order valence-electron chi connectivity index (χ2n) is 3.79. The Morgan fingerprint density at radius 1 is 1.38 bits per heavy atom. The third-order valence-electron chi connectivity index (χ3n) is 2.27. The summed E-state index contributed by atoms with van der Waals surface area (Å²) in [5.74, 6) is 0. The fourth-order valence-corrected chi connectivity index (χ4v) is 1.78. The summed E-state index contributed by atoms with van der Waals surface area (Å²) in [6, 6.07) is 6.96. The summed E-state index contributed by atoms with van der Waals surface area (Å²) in [5, 5.41) is 4.31. The number of nitrogens with one attached hydrogen (secondary N) is 1. The molecule has 1 aliphatic carbocycles. The van der Waals surface area contributed by atoms with E-state index in [1.807, 2.05) is 12.1 Å². The van der Waals surface area contributed by atoms with Crippen molar-refractivity contribution in [1.29, 1.82) is 0 Å². The number of hydrogen-bond donors (Lipinski definition) is 1. The quantitative estimate of drug-likeness (QED) is 0.782. The molecule has 2 rings (SSSR count). The highest BCUT2D eigenvalue weighted by atomic mass is 35.5. The predicted octanol–water partition coefficient (Wildman–Crippen LogP) is 2.90.